The number of phenolic OH excluding ortho intramolecular Hbond substituents is 2. The molecule has 6 heteroatoms. The highest BCUT2D eigenvalue weighted by Gasteiger charge is 2.06. The fourth-order valence-corrected chi connectivity index (χ4v) is 2.70. The molecule has 0 aliphatic carbocycles. The van der Waals surface area contributed by atoms with Gasteiger partial charge in [-0.3, -0.25) is 4.79 Å². The van der Waals surface area contributed by atoms with Gasteiger partial charge in [-0.2, -0.15) is 0 Å². The number of phenols is 2. The molecule has 2 aromatic rings. The molecule has 0 bridgehead atoms. The Morgan fingerprint density at radius 1 is 1.14 bits per heavy atom. The Morgan fingerprint density at radius 2 is 1.90 bits per heavy atom. The SMILES string of the molecule is O=C(CSc1ccccc1Cl)NCc1ccc(O)c(O)c1. The van der Waals surface area contributed by atoms with E-state index in [0.717, 1.165) is 4.90 Å². The minimum atomic E-state index is -0.202. The Hall–Kier alpha value is -1.85. The van der Waals surface area contributed by atoms with E-state index in [9.17, 15) is 15.0 Å². The van der Waals surface area contributed by atoms with Gasteiger partial charge in [-0.25, -0.2) is 0 Å². The van der Waals surface area contributed by atoms with Crippen molar-refractivity contribution < 1.29 is 15.0 Å². The molecule has 0 saturated carbocycles. The van der Waals surface area contributed by atoms with Crippen molar-refractivity contribution in [1.82, 2.24) is 5.32 Å². The van der Waals surface area contributed by atoms with Gasteiger partial charge in [0.25, 0.3) is 0 Å². The maximum atomic E-state index is 11.8. The van der Waals surface area contributed by atoms with Crippen LogP contribution in [0, 0.1) is 0 Å². The van der Waals surface area contributed by atoms with Gasteiger partial charge < -0.3 is 15.5 Å². The average molecular weight is 324 g/mol. The highest BCUT2D eigenvalue weighted by atomic mass is 35.5. The number of nitrogens with one attached hydrogen (secondary N) is 1. The van der Waals surface area contributed by atoms with Crippen molar-refractivity contribution in [3.05, 3.63) is 53.1 Å². The molecule has 0 aliphatic rings. The summed E-state index contributed by atoms with van der Waals surface area (Å²) in [4.78, 5) is 12.6. The Balaban J connectivity index is 1.82. The van der Waals surface area contributed by atoms with Gasteiger partial charge in [-0.1, -0.05) is 29.8 Å². The molecule has 110 valence electrons. The lowest BCUT2D eigenvalue weighted by Gasteiger charge is -2.07. The molecule has 3 N–H and O–H groups in total. The highest BCUT2D eigenvalue weighted by molar-refractivity contribution is 8.00. The zero-order valence-electron chi connectivity index (χ0n) is 11.0. The van der Waals surface area contributed by atoms with Gasteiger partial charge in [0.1, 0.15) is 0 Å². The number of hydrogen-bond acceptors (Lipinski definition) is 4. The van der Waals surface area contributed by atoms with E-state index in [-0.39, 0.29) is 29.7 Å². The largest absolute Gasteiger partial charge is 0.504 e. The first-order chi connectivity index (χ1) is 10.1. The number of halogens is 1. The zero-order valence-corrected chi connectivity index (χ0v) is 12.6. The lowest BCUT2D eigenvalue weighted by atomic mass is 10.2. The smallest absolute Gasteiger partial charge is 0.230 e. The van der Waals surface area contributed by atoms with Crippen LogP contribution in [0.25, 0.3) is 0 Å². The second kappa shape index (κ2) is 7.24. The monoisotopic (exact) mass is 323 g/mol. The van der Waals surface area contributed by atoms with Gasteiger partial charge in [0.15, 0.2) is 11.5 Å². The quantitative estimate of drug-likeness (QED) is 0.584. The summed E-state index contributed by atoms with van der Waals surface area (Å²) in [6.45, 7) is 0.287. The number of thioether (sulfide) groups is 1. The van der Waals surface area contributed by atoms with E-state index in [1.54, 1.807) is 12.1 Å². The zero-order chi connectivity index (χ0) is 15.2. The first-order valence-electron chi connectivity index (χ1n) is 6.21. The molecule has 0 fully saturated rings. The van der Waals surface area contributed by atoms with Crippen LogP contribution in [-0.2, 0) is 11.3 Å². The number of benzene rings is 2. The number of amides is 1. The van der Waals surface area contributed by atoms with Crippen LogP contribution in [0.3, 0.4) is 0 Å². The van der Waals surface area contributed by atoms with Gasteiger partial charge >= 0.3 is 0 Å². The topological polar surface area (TPSA) is 69.6 Å². The summed E-state index contributed by atoms with van der Waals surface area (Å²) in [6, 6.07) is 11.8. The highest BCUT2D eigenvalue weighted by Crippen LogP contribution is 2.26. The van der Waals surface area contributed by atoms with Crippen molar-refractivity contribution in [2.75, 3.05) is 5.75 Å². The Morgan fingerprint density at radius 3 is 2.62 bits per heavy atom. The fraction of sp³-hybridized carbons (Fsp3) is 0.133. The van der Waals surface area contributed by atoms with Crippen molar-refractivity contribution in [1.29, 1.82) is 0 Å². The van der Waals surface area contributed by atoms with Crippen molar-refractivity contribution in [2.24, 2.45) is 0 Å². The van der Waals surface area contributed by atoms with E-state index in [1.165, 1.54) is 23.9 Å². The second-order valence-electron chi connectivity index (χ2n) is 4.32. The van der Waals surface area contributed by atoms with Crippen molar-refractivity contribution in [3.8, 4) is 11.5 Å². The molecule has 0 saturated heterocycles. The second-order valence-corrected chi connectivity index (χ2v) is 5.74. The standard InChI is InChI=1S/C15H14ClNO3S/c16-11-3-1-2-4-14(11)21-9-15(20)17-8-10-5-6-12(18)13(19)7-10/h1-7,18-19H,8-9H2,(H,17,20). The maximum absolute atomic E-state index is 11.8. The van der Waals surface area contributed by atoms with Crippen molar-refractivity contribution in [3.63, 3.8) is 0 Å². The third-order valence-corrected chi connectivity index (χ3v) is 4.24. The van der Waals surface area contributed by atoms with Gasteiger partial charge in [0, 0.05) is 11.4 Å². The lowest BCUT2D eigenvalue weighted by Crippen LogP contribution is -2.24. The fourth-order valence-electron chi connectivity index (χ4n) is 1.64. The third kappa shape index (κ3) is 4.58. The van der Waals surface area contributed by atoms with E-state index in [1.807, 2.05) is 18.2 Å². The first-order valence-corrected chi connectivity index (χ1v) is 7.57. The Labute approximate surface area is 131 Å². The molecule has 2 rings (SSSR count). The van der Waals surface area contributed by atoms with Gasteiger partial charge in [-0.05, 0) is 29.8 Å². The Bertz CT molecular complexity index is 649. The molecule has 0 spiro atoms. The molecule has 4 nitrogen and oxygen atoms in total. The molecule has 0 aromatic heterocycles. The van der Waals surface area contributed by atoms with E-state index in [0.29, 0.717) is 10.6 Å². The van der Waals surface area contributed by atoms with Crippen LogP contribution in [0.5, 0.6) is 11.5 Å². The summed E-state index contributed by atoms with van der Waals surface area (Å²) < 4.78 is 0. The third-order valence-electron chi connectivity index (χ3n) is 2.72. The van der Waals surface area contributed by atoms with Crippen LogP contribution >= 0.6 is 23.4 Å². The van der Waals surface area contributed by atoms with Crippen molar-refractivity contribution >= 4 is 29.3 Å². The molecule has 21 heavy (non-hydrogen) atoms. The number of carbonyl (C=O) groups is 1. The molecule has 0 aliphatic heterocycles. The molecule has 2 aromatic carbocycles. The minimum Gasteiger partial charge on any atom is -0.504 e. The van der Waals surface area contributed by atoms with Crippen LogP contribution in [0.1, 0.15) is 5.56 Å². The minimum absolute atomic E-state index is 0.132. The van der Waals surface area contributed by atoms with Crippen LogP contribution in [0.4, 0.5) is 0 Å². The number of rotatable bonds is 5. The predicted molar refractivity (Wildman–Crippen MR) is 83.8 cm³/mol. The maximum Gasteiger partial charge on any atom is 0.230 e. The molecule has 1 amide bonds. The summed E-state index contributed by atoms with van der Waals surface area (Å²) in [6.07, 6.45) is 0. The van der Waals surface area contributed by atoms with Crippen LogP contribution in [-0.4, -0.2) is 21.9 Å². The number of aromatic hydroxyl groups is 2. The predicted octanol–water partition coefficient (Wildman–Crippen LogP) is 3.16. The summed E-state index contributed by atoms with van der Waals surface area (Å²) in [5, 5.41) is 21.9. The summed E-state index contributed by atoms with van der Waals surface area (Å²) in [5.74, 6) is -0.257. The van der Waals surface area contributed by atoms with Crippen LogP contribution in [0.15, 0.2) is 47.4 Å². The van der Waals surface area contributed by atoms with Gasteiger partial charge in [0.05, 0.1) is 10.8 Å². The summed E-state index contributed by atoms with van der Waals surface area (Å²) in [7, 11) is 0. The Kier molecular flexibility index (Phi) is 5.36. The summed E-state index contributed by atoms with van der Waals surface area (Å²) in [5.41, 5.74) is 0.710. The molecule has 0 radical (unpaired) electrons. The molecule has 0 atom stereocenters. The van der Waals surface area contributed by atoms with Crippen LogP contribution in [0.2, 0.25) is 5.02 Å². The van der Waals surface area contributed by atoms with Gasteiger partial charge in [-0.15, -0.1) is 11.8 Å². The molecular weight excluding hydrogens is 310 g/mol. The first kappa shape index (κ1) is 15.5. The lowest BCUT2D eigenvalue weighted by molar-refractivity contribution is -0.118. The molecule has 0 heterocycles. The van der Waals surface area contributed by atoms with E-state index in [4.69, 9.17) is 11.6 Å². The van der Waals surface area contributed by atoms with E-state index in [2.05, 4.69) is 5.32 Å². The molecular formula is C15H14ClNO3S. The van der Waals surface area contributed by atoms with Crippen LogP contribution < -0.4 is 5.32 Å². The number of hydrogen-bond donors (Lipinski definition) is 3. The van der Waals surface area contributed by atoms with E-state index >= 15 is 0 Å². The van der Waals surface area contributed by atoms with Gasteiger partial charge in [0.2, 0.25) is 5.91 Å². The normalized spacial score (nSPS) is 10.3. The molecule has 0 unspecified atom stereocenters. The average Bonchev–Trinajstić information content (AvgIpc) is 2.47. The van der Waals surface area contributed by atoms with E-state index < -0.39 is 0 Å². The number of carbonyl (C=O) groups excluding carboxylic acids is 1. The van der Waals surface area contributed by atoms with Crippen molar-refractivity contribution in [2.45, 2.75) is 11.4 Å². The summed E-state index contributed by atoms with van der Waals surface area (Å²) >= 11 is 7.37.